The standard InChI is InChI=1S/C26H23N5O/c1-2-22(18-11-7-4-8-12-18)29-26(32)23-14-20(16-27-23)24-21-13-19(15-28-25(21)31-30-24)17-9-5-3-6-10-17/h3-16,22,27H,2H2,1H3,(H,29,32)(H,28,30,31)/t22-/m1/s1. The van der Waals surface area contributed by atoms with Gasteiger partial charge < -0.3 is 10.3 Å². The average Bonchev–Trinajstić information content (AvgIpc) is 3.50. The van der Waals surface area contributed by atoms with Gasteiger partial charge in [0.2, 0.25) is 0 Å². The lowest BCUT2D eigenvalue weighted by Gasteiger charge is -2.16. The van der Waals surface area contributed by atoms with E-state index >= 15 is 0 Å². The Morgan fingerprint density at radius 3 is 2.47 bits per heavy atom. The predicted molar refractivity (Wildman–Crippen MR) is 126 cm³/mol. The molecule has 6 heteroatoms. The Morgan fingerprint density at radius 2 is 1.72 bits per heavy atom. The molecule has 3 aromatic heterocycles. The van der Waals surface area contributed by atoms with E-state index in [9.17, 15) is 4.79 Å². The van der Waals surface area contributed by atoms with E-state index in [1.807, 2.05) is 67.0 Å². The maximum absolute atomic E-state index is 12.9. The van der Waals surface area contributed by atoms with Crippen molar-refractivity contribution in [3.63, 3.8) is 0 Å². The number of nitrogens with one attached hydrogen (secondary N) is 3. The molecule has 3 heterocycles. The molecule has 0 spiro atoms. The maximum atomic E-state index is 12.9. The molecule has 0 fully saturated rings. The first-order valence-electron chi connectivity index (χ1n) is 10.7. The van der Waals surface area contributed by atoms with Crippen LogP contribution in [0.15, 0.2) is 85.2 Å². The van der Waals surface area contributed by atoms with Gasteiger partial charge in [-0.25, -0.2) is 4.98 Å². The first-order chi connectivity index (χ1) is 15.7. The topological polar surface area (TPSA) is 86.5 Å². The van der Waals surface area contributed by atoms with Gasteiger partial charge in [0.1, 0.15) is 11.4 Å². The highest BCUT2D eigenvalue weighted by Crippen LogP contribution is 2.29. The van der Waals surface area contributed by atoms with Crippen LogP contribution in [0.1, 0.15) is 35.4 Å². The fraction of sp³-hybridized carbons (Fsp3) is 0.115. The van der Waals surface area contributed by atoms with Gasteiger partial charge in [0.05, 0.1) is 6.04 Å². The van der Waals surface area contributed by atoms with E-state index in [2.05, 4.69) is 50.6 Å². The van der Waals surface area contributed by atoms with Crippen LogP contribution in [0.25, 0.3) is 33.4 Å². The smallest absolute Gasteiger partial charge is 0.268 e. The van der Waals surface area contributed by atoms with Gasteiger partial charge in [-0.2, -0.15) is 5.10 Å². The molecule has 3 N–H and O–H groups in total. The highest BCUT2D eigenvalue weighted by molar-refractivity contribution is 5.97. The first kappa shape index (κ1) is 19.8. The highest BCUT2D eigenvalue weighted by atomic mass is 16.1. The number of hydrogen-bond acceptors (Lipinski definition) is 3. The van der Waals surface area contributed by atoms with E-state index in [0.29, 0.717) is 11.3 Å². The van der Waals surface area contributed by atoms with Gasteiger partial charge in [0, 0.05) is 28.9 Å². The minimum absolute atomic E-state index is 0.0423. The number of amides is 1. The van der Waals surface area contributed by atoms with Crippen molar-refractivity contribution < 1.29 is 4.79 Å². The largest absolute Gasteiger partial charge is 0.357 e. The van der Waals surface area contributed by atoms with Crippen molar-refractivity contribution in [1.29, 1.82) is 0 Å². The number of H-pyrrole nitrogens is 2. The van der Waals surface area contributed by atoms with Crippen molar-refractivity contribution in [2.24, 2.45) is 0 Å². The van der Waals surface area contributed by atoms with Crippen LogP contribution in [-0.2, 0) is 0 Å². The van der Waals surface area contributed by atoms with Crippen molar-refractivity contribution in [1.82, 2.24) is 25.5 Å². The molecule has 0 unspecified atom stereocenters. The molecule has 2 aromatic carbocycles. The van der Waals surface area contributed by atoms with Crippen LogP contribution in [-0.4, -0.2) is 26.1 Å². The number of aromatic amines is 2. The summed E-state index contributed by atoms with van der Waals surface area (Å²) in [6.07, 6.45) is 4.45. The Labute approximate surface area is 185 Å². The van der Waals surface area contributed by atoms with Crippen LogP contribution in [0, 0.1) is 0 Å². The number of pyridine rings is 1. The van der Waals surface area contributed by atoms with E-state index in [1.165, 1.54) is 0 Å². The second-order valence-corrected chi connectivity index (χ2v) is 7.71. The van der Waals surface area contributed by atoms with Crippen molar-refractivity contribution in [2.75, 3.05) is 0 Å². The summed E-state index contributed by atoms with van der Waals surface area (Å²) < 4.78 is 0. The lowest BCUT2D eigenvalue weighted by Crippen LogP contribution is -2.28. The molecule has 0 saturated carbocycles. The van der Waals surface area contributed by atoms with E-state index in [-0.39, 0.29) is 11.9 Å². The summed E-state index contributed by atoms with van der Waals surface area (Å²) in [5.41, 5.74) is 6.00. The van der Waals surface area contributed by atoms with Crippen LogP contribution in [0.3, 0.4) is 0 Å². The number of hydrogen-bond donors (Lipinski definition) is 3. The van der Waals surface area contributed by atoms with Crippen LogP contribution < -0.4 is 5.32 Å². The molecular formula is C26H23N5O. The van der Waals surface area contributed by atoms with Crippen LogP contribution in [0.5, 0.6) is 0 Å². The summed E-state index contributed by atoms with van der Waals surface area (Å²) in [5.74, 6) is -0.144. The van der Waals surface area contributed by atoms with Crippen LogP contribution in [0.4, 0.5) is 0 Å². The van der Waals surface area contributed by atoms with Gasteiger partial charge in [-0.15, -0.1) is 0 Å². The van der Waals surface area contributed by atoms with E-state index in [4.69, 9.17) is 0 Å². The van der Waals surface area contributed by atoms with Crippen molar-refractivity contribution in [2.45, 2.75) is 19.4 Å². The Bertz CT molecular complexity index is 1360. The molecule has 0 saturated heterocycles. The molecule has 0 aliphatic carbocycles. The number of fused-ring (bicyclic) bond motifs is 1. The third-order valence-electron chi connectivity index (χ3n) is 5.64. The maximum Gasteiger partial charge on any atom is 0.268 e. The molecule has 0 bridgehead atoms. The summed E-state index contributed by atoms with van der Waals surface area (Å²) in [4.78, 5) is 20.5. The lowest BCUT2D eigenvalue weighted by atomic mass is 10.0. The van der Waals surface area contributed by atoms with E-state index in [1.54, 1.807) is 0 Å². The molecule has 0 aliphatic heterocycles. The number of nitrogens with zero attached hydrogens (tertiary/aromatic N) is 2. The zero-order chi connectivity index (χ0) is 21.9. The third kappa shape index (κ3) is 3.78. The Balaban J connectivity index is 1.42. The predicted octanol–water partition coefficient (Wildman–Crippen LogP) is 5.50. The highest BCUT2D eigenvalue weighted by Gasteiger charge is 2.18. The van der Waals surface area contributed by atoms with Gasteiger partial charge in [0.25, 0.3) is 5.91 Å². The zero-order valence-electron chi connectivity index (χ0n) is 17.7. The SMILES string of the molecule is CC[C@@H](NC(=O)c1cc(-c2n[nH]c3ncc(-c4ccccc4)cc23)c[nH]1)c1ccccc1. The number of carbonyl (C=O) groups is 1. The fourth-order valence-electron chi connectivity index (χ4n) is 3.92. The minimum atomic E-state index is -0.144. The van der Waals surface area contributed by atoms with Gasteiger partial charge in [0.15, 0.2) is 5.65 Å². The molecule has 1 atom stereocenters. The number of aromatic nitrogens is 4. The molecule has 5 rings (SSSR count). The Morgan fingerprint density at radius 1 is 0.969 bits per heavy atom. The fourth-order valence-corrected chi connectivity index (χ4v) is 3.92. The first-order valence-corrected chi connectivity index (χ1v) is 10.7. The van der Waals surface area contributed by atoms with Gasteiger partial charge in [-0.1, -0.05) is 67.6 Å². The van der Waals surface area contributed by atoms with E-state index < -0.39 is 0 Å². The van der Waals surface area contributed by atoms with E-state index in [0.717, 1.165) is 39.8 Å². The molecule has 0 aliphatic rings. The van der Waals surface area contributed by atoms with Crippen LogP contribution >= 0.6 is 0 Å². The number of carbonyl (C=O) groups excluding carboxylic acids is 1. The van der Waals surface area contributed by atoms with Crippen molar-refractivity contribution in [3.8, 4) is 22.4 Å². The average molecular weight is 422 g/mol. The molecule has 32 heavy (non-hydrogen) atoms. The Hall–Kier alpha value is -4.19. The van der Waals surface area contributed by atoms with Crippen molar-refractivity contribution in [3.05, 3.63) is 96.4 Å². The molecule has 6 nitrogen and oxygen atoms in total. The summed E-state index contributed by atoms with van der Waals surface area (Å²) in [6, 6.07) is 24.0. The quantitative estimate of drug-likeness (QED) is 0.338. The molecule has 158 valence electrons. The van der Waals surface area contributed by atoms with Gasteiger partial charge in [-0.05, 0) is 29.7 Å². The van der Waals surface area contributed by atoms with Crippen molar-refractivity contribution >= 4 is 16.9 Å². The monoisotopic (exact) mass is 421 g/mol. The summed E-state index contributed by atoms with van der Waals surface area (Å²) >= 11 is 0. The summed E-state index contributed by atoms with van der Waals surface area (Å²) in [7, 11) is 0. The second kappa shape index (κ2) is 8.51. The molecule has 0 radical (unpaired) electrons. The van der Waals surface area contributed by atoms with Gasteiger partial charge >= 0.3 is 0 Å². The normalized spacial score (nSPS) is 12.0. The van der Waals surface area contributed by atoms with Gasteiger partial charge in [-0.3, -0.25) is 9.89 Å². The Kier molecular flexibility index (Phi) is 5.25. The molecule has 1 amide bonds. The molecule has 5 aromatic rings. The summed E-state index contributed by atoms with van der Waals surface area (Å²) in [5, 5.41) is 11.5. The zero-order valence-corrected chi connectivity index (χ0v) is 17.7. The minimum Gasteiger partial charge on any atom is -0.357 e. The molecular weight excluding hydrogens is 398 g/mol. The second-order valence-electron chi connectivity index (χ2n) is 7.71. The van der Waals surface area contributed by atoms with Crippen LogP contribution in [0.2, 0.25) is 0 Å². The number of benzene rings is 2. The third-order valence-corrected chi connectivity index (χ3v) is 5.64. The lowest BCUT2D eigenvalue weighted by molar-refractivity contribution is 0.0931. The summed E-state index contributed by atoms with van der Waals surface area (Å²) in [6.45, 7) is 2.06. The number of rotatable bonds is 6.